The molecule has 0 saturated carbocycles. The minimum absolute atomic E-state index is 0.103. The van der Waals surface area contributed by atoms with Crippen LogP contribution in [0.1, 0.15) is 52.6 Å². The average molecular weight is 656 g/mol. The normalized spacial score (nSPS) is 15.1. The summed E-state index contributed by atoms with van der Waals surface area (Å²) >= 11 is 0. The summed E-state index contributed by atoms with van der Waals surface area (Å²) in [5.41, 5.74) is 2.51. The van der Waals surface area contributed by atoms with Crippen LogP contribution in [-0.4, -0.2) is 70.8 Å². The quantitative estimate of drug-likeness (QED) is 0.308. The molecule has 4 heterocycles. The highest BCUT2D eigenvalue weighted by molar-refractivity contribution is 6.09. The zero-order chi connectivity index (χ0) is 34.2. The molecular weight excluding hydrogens is 617 g/mol. The first kappa shape index (κ1) is 32.9. The third kappa shape index (κ3) is 6.41. The number of nitrogens with one attached hydrogen (secondary N) is 1. The van der Waals surface area contributed by atoms with Crippen LogP contribution in [0.15, 0.2) is 65.7 Å². The molecule has 6 rings (SSSR count). The Hall–Kier alpha value is -5.07. The van der Waals surface area contributed by atoms with Gasteiger partial charge in [-0.1, -0.05) is 32.9 Å². The lowest BCUT2D eigenvalue weighted by molar-refractivity contribution is 0.0302. The number of morpholine rings is 1. The molecule has 11 nitrogen and oxygen atoms in total. The van der Waals surface area contributed by atoms with Gasteiger partial charge in [0.25, 0.3) is 17.4 Å². The molecule has 2 N–H and O–H groups in total. The number of rotatable bonds is 6. The molecular formula is C36H38FN5O6. The standard InChI is InChI=1S/C36H38FN5O6/c1-36(2,3)27-18-31-25(17-28(27)37)34(45)42(12-15-48-31)30-7-5-6-24(26(30)21-43)23-16-29(35(46)40(4)20-23)39-32-9-8-22(19-38-32)33(44)41-10-13-47-14-11-41/h5-9,16-20,43H,10-15,21H2,1-4H3,(H,38,39). The van der Waals surface area contributed by atoms with Gasteiger partial charge in [0.15, 0.2) is 0 Å². The number of nitrogens with zero attached hydrogens (tertiary/aromatic N) is 4. The number of pyridine rings is 2. The van der Waals surface area contributed by atoms with Crippen molar-refractivity contribution in [1.29, 1.82) is 0 Å². The van der Waals surface area contributed by atoms with E-state index in [4.69, 9.17) is 9.47 Å². The Balaban J connectivity index is 1.31. The minimum atomic E-state index is -0.491. The molecule has 250 valence electrons. The van der Waals surface area contributed by atoms with Crippen molar-refractivity contribution in [1.82, 2.24) is 14.5 Å². The number of aliphatic hydroxyl groups is 1. The number of carbonyl (C=O) groups excluding carboxylic acids is 2. The Labute approximate surface area is 277 Å². The number of aliphatic hydroxyl groups excluding tert-OH is 1. The molecule has 0 bridgehead atoms. The van der Waals surface area contributed by atoms with Gasteiger partial charge in [0, 0.05) is 43.7 Å². The van der Waals surface area contributed by atoms with Gasteiger partial charge in [-0.15, -0.1) is 0 Å². The summed E-state index contributed by atoms with van der Waals surface area (Å²) in [6, 6.07) is 13.1. The number of benzene rings is 2. The number of carbonyl (C=O) groups is 2. The van der Waals surface area contributed by atoms with Crippen molar-refractivity contribution in [2.75, 3.05) is 49.7 Å². The highest BCUT2D eigenvalue weighted by Gasteiger charge is 2.30. The van der Waals surface area contributed by atoms with Gasteiger partial charge in [-0.2, -0.15) is 0 Å². The third-order valence-corrected chi connectivity index (χ3v) is 8.59. The summed E-state index contributed by atoms with van der Waals surface area (Å²) in [5, 5.41) is 13.7. The molecule has 2 amide bonds. The number of halogens is 1. The van der Waals surface area contributed by atoms with Crippen LogP contribution in [0.3, 0.4) is 0 Å². The fourth-order valence-electron chi connectivity index (χ4n) is 6.03. The van der Waals surface area contributed by atoms with Crippen molar-refractivity contribution in [2.24, 2.45) is 7.05 Å². The molecule has 0 unspecified atom stereocenters. The van der Waals surface area contributed by atoms with E-state index in [1.54, 1.807) is 60.6 Å². The van der Waals surface area contributed by atoms with Gasteiger partial charge in [0.05, 0.1) is 43.2 Å². The van der Waals surface area contributed by atoms with Gasteiger partial charge in [-0.05, 0) is 52.9 Å². The largest absolute Gasteiger partial charge is 0.491 e. The number of ether oxygens (including phenoxy) is 2. The molecule has 4 aromatic rings. The van der Waals surface area contributed by atoms with E-state index in [1.807, 2.05) is 20.8 Å². The van der Waals surface area contributed by atoms with E-state index in [0.717, 1.165) is 0 Å². The Morgan fingerprint density at radius 2 is 1.79 bits per heavy atom. The molecule has 48 heavy (non-hydrogen) atoms. The van der Waals surface area contributed by atoms with E-state index in [0.29, 0.717) is 71.4 Å². The zero-order valence-electron chi connectivity index (χ0n) is 27.4. The fourth-order valence-corrected chi connectivity index (χ4v) is 6.03. The monoisotopic (exact) mass is 655 g/mol. The second-order valence-electron chi connectivity index (χ2n) is 12.9. The number of hydrogen-bond acceptors (Lipinski definition) is 8. The first-order valence-corrected chi connectivity index (χ1v) is 15.8. The predicted molar refractivity (Wildman–Crippen MR) is 180 cm³/mol. The second kappa shape index (κ2) is 13.2. The smallest absolute Gasteiger partial charge is 0.274 e. The van der Waals surface area contributed by atoms with E-state index in [1.165, 1.54) is 21.7 Å². The van der Waals surface area contributed by atoms with Gasteiger partial charge in [0.2, 0.25) is 0 Å². The van der Waals surface area contributed by atoms with Crippen molar-refractivity contribution in [3.05, 3.63) is 99.3 Å². The molecule has 0 radical (unpaired) electrons. The van der Waals surface area contributed by atoms with Crippen molar-refractivity contribution < 1.29 is 28.6 Å². The van der Waals surface area contributed by atoms with Crippen LogP contribution >= 0.6 is 0 Å². The first-order valence-electron chi connectivity index (χ1n) is 15.8. The fraction of sp³-hybridized carbons (Fsp3) is 0.333. The lowest BCUT2D eigenvalue weighted by Gasteiger charge is -2.26. The summed E-state index contributed by atoms with van der Waals surface area (Å²) in [6.45, 7) is 7.63. The number of aryl methyl sites for hydroxylation is 1. The minimum Gasteiger partial charge on any atom is -0.491 e. The van der Waals surface area contributed by atoms with Crippen LogP contribution in [-0.2, 0) is 23.8 Å². The van der Waals surface area contributed by atoms with Gasteiger partial charge in [0.1, 0.15) is 29.7 Å². The summed E-state index contributed by atoms with van der Waals surface area (Å²) in [7, 11) is 1.62. The second-order valence-corrected chi connectivity index (χ2v) is 12.9. The van der Waals surface area contributed by atoms with E-state index in [2.05, 4.69) is 10.3 Å². The highest BCUT2D eigenvalue weighted by Crippen LogP contribution is 2.37. The van der Waals surface area contributed by atoms with Crippen LogP contribution < -0.4 is 20.5 Å². The van der Waals surface area contributed by atoms with Gasteiger partial charge in [-0.3, -0.25) is 14.4 Å². The van der Waals surface area contributed by atoms with Crippen LogP contribution in [0, 0.1) is 5.82 Å². The number of aromatic nitrogens is 2. The molecule has 1 fully saturated rings. The van der Waals surface area contributed by atoms with Gasteiger partial charge < -0.3 is 34.3 Å². The highest BCUT2D eigenvalue weighted by atomic mass is 19.1. The molecule has 0 spiro atoms. The van der Waals surface area contributed by atoms with Crippen LogP contribution in [0.25, 0.3) is 11.1 Å². The number of fused-ring (bicyclic) bond motifs is 1. The van der Waals surface area contributed by atoms with Crippen LogP contribution in [0.5, 0.6) is 5.75 Å². The van der Waals surface area contributed by atoms with Gasteiger partial charge in [-0.25, -0.2) is 9.37 Å². The van der Waals surface area contributed by atoms with Crippen molar-refractivity contribution in [3.8, 4) is 16.9 Å². The molecule has 0 aliphatic carbocycles. The van der Waals surface area contributed by atoms with Crippen LogP contribution in [0.4, 0.5) is 21.6 Å². The van der Waals surface area contributed by atoms with E-state index in [9.17, 15) is 19.5 Å². The maximum absolute atomic E-state index is 15.2. The Morgan fingerprint density at radius 1 is 1.02 bits per heavy atom. The van der Waals surface area contributed by atoms with E-state index < -0.39 is 23.7 Å². The number of hydrogen-bond donors (Lipinski definition) is 2. The SMILES string of the molecule is Cn1cc(-c2cccc(N3CCOc4cc(C(C)(C)C)c(F)cc4C3=O)c2CO)cc(Nc2ccc(C(=O)N3CCOCC3)cn2)c1=O. The molecule has 2 aromatic heterocycles. The van der Waals surface area contributed by atoms with Crippen molar-refractivity contribution in [2.45, 2.75) is 32.8 Å². The average Bonchev–Trinajstić information content (AvgIpc) is 3.23. The van der Waals surface area contributed by atoms with Crippen molar-refractivity contribution in [3.63, 3.8) is 0 Å². The topological polar surface area (TPSA) is 126 Å². The summed E-state index contributed by atoms with van der Waals surface area (Å²) in [6.07, 6.45) is 3.12. The molecule has 2 aliphatic rings. The Kier molecular flexibility index (Phi) is 9.04. The maximum atomic E-state index is 15.2. The maximum Gasteiger partial charge on any atom is 0.274 e. The molecule has 1 saturated heterocycles. The first-order chi connectivity index (χ1) is 23.0. The van der Waals surface area contributed by atoms with Crippen molar-refractivity contribution >= 4 is 29.0 Å². The molecule has 0 atom stereocenters. The Morgan fingerprint density at radius 3 is 2.48 bits per heavy atom. The van der Waals surface area contributed by atoms with Gasteiger partial charge >= 0.3 is 0 Å². The summed E-state index contributed by atoms with van der Waals surface area (Å²) in [5.74, 6) is -0.386. The lowest BCUT2D eigenvalue weighted by Crippen LogP contribution is -2.40. The van der Waals surface area contributed by atoms with Crippen LogP contribution in [0.2, 0.25) is 0 Å². The number of amides is 2. The van der Waals surface area contributed by atoms with E-state index >= 15 is 4.39 Å². The molecule has 12 heteroatoms. The number of anilines is 3. The summed E-state index contributed by atoms with van der Waals surface area (Å²) in [4.78, 5) is 47.5. The molecule has 2 aromatic carbocycles. The third-order valence-electron chi connectivity index (χ3n) is 8.59. The Bertz CT molecular complexity index is 1930. The predicted octanol–water partition coefficient (Wildman–Crippen LogP) is 4.63. The van der Waals surface area contributed by atoms with E-state index in [-0.39, 0.29) is 35.9 Å². The summed E-state index contributed by atoms with van der Waals surface area (Å²) < 4.78 is 27.9. The lowest BCUT2D eigenvalue weighted by atomic mass is 9.85. The zero-order valence-corrected chi connectivity index (χ0v) is 27.4. The molecule has 2 aliphatic heterocycles.